The standard InChI is InChI=1S/C7H8N4.3C2H6/c1-4-7-6(3-8-11-7)10-5(2)9-4;3*1-2/h3H,1-2H3,(H,8,11);3*1-2H3. The van der Waals surface area contributed by atoms with Gasteiger partial charge in [0, 0.05) is 0 Å². The summed E-state index contributed by atoms with van der Waals surface area (Å²) >= 11 is 0. The number of rotatable bonds is 0. The summed E-state index contributed by atoms with van der Waals surface area (Å²) in [4.78, 5) is 8.38. The van der Waals surface area contributed by atoms with E-state index >= 15 is 0 Å². The van der Waals surface area contributed by atoms with Crippen molar-refractivity contribution in [1.29, 1.82) is 0 Å². The first-order chi connectivity index (χ1) is 8.27. The molecule has 17 heavy (non-hydrogen) atoms. The first kappa shape index (κ1) is 17.9. The van der Waals surface area contributed by atoms with Crippen LogP contribution in [-0.2, 0) is 0 Å². The second-order valence-corrected chi connectivity index (χ2v) is 2.49. The van der Waals surface area contributed by atoms with Gasteiger partial charge >= 0.3 is 0 Å². The fourth-order valence-corrected chi connectivity index (χ4v) is 1.13. The van der Waals surface area contributed by atoms with E-state index in [-0.39, 0.29) is 0 Å². The summed E-state index contributed by atoms with van der Waals surface area (Å²) in [6, 6.07) is 0. The Morgan fingerprint density at radius 2 is 1.41 bits per heavy atom. The van der Waals surface area contributed by atoms with Crippen LogP contribution in [0.25, 0.3) is 11.0 Å². The average molecular weight is 238 g/mol. The second-order valence-electron chi connectivity index (χ2n) is 2.49. The highest BCUT2D eigenvalue weighted by Gasteiger charge is 2.01. The second kappa shape index (κ2) is 11.0. The molecule has 0 aliphatic carbocycles. The summed E-state index contributed by atoms with van der Waals surface area (Å²) in [7, 11) is 0. The van der Waals surface area contributed by atoms with E-state index < -0.39 is 0 Å². The SMILES string of the molecule is CC.CC.CC.Cc1nc(C)c2[nH]ncc2n1. The highest BCUT2D eigenvalue weighted by Crippen LogP contribution is 2.09. The molecule has 0 unspecified atom stereocenters. The van der Waals surface area contributed by atoms with Crippen molar-refractivity contribution in [3.8, 4) is 0 Å². The normalized spacial score (nSPS) is 8.00. The topological polar surface area (TPSA) is 54.5 Å². The maximum atomic E-state index is 4.19. The van der Waals surface area contributed by atoms with E-state index in [0.29, 0.717) is 0 Å². The third-order valence-electron chi connectivity index (χ3n) is 1.59. The quantitative estimate of drug-likeness (QED) is 0.753. The van der Waals surface area contributed by atoms with Crippen LogP contribution in [0.1, 0.15) is 53.1 Å². The van der Waals surface area contributed by atoms with Crippen LogP contribution in [0.3, 0.4) is 0 Å². The summed E-state index contributed by atoms with van der Waals surface area (Å²) < 4.78 is 0. The molecule has 0 bridgehead atoms. The van der Waals surface area contributed by atoms with Crippen LogP contribution in [0.2, 0.25) is 0 Å². The first-order valence-electron chi connectivity index (χ1n) is 6.41. The predicted molar refractivity (Wildman–Crippen MR) is 75.2 cm³/mol. The van der Waals surface area contributed by atoms with Crippen molar-refractivity contribution in [1.82, 2.24) is 20.2 Å². The Hall–Kier alpha value is -1.45. The minimum Gasteiger partial charge on any atom is -0.274 e. The van der Waals surface area contributed by atoms with Gasteiger partial charge in [-0.2, -0.15) is 5.10 Å². The van der Waals surface area contributed by atoms with Gasteiger partial charge in [0.1, 0.15) is 16.9 Å². The third kappa shape index (κ3) is 5.43. The van der Waals surface area contributed by atoms with Gasteiger partial charge in [-0.3, -0.25) is 5.10 Å². The van der Waals surface area contributed by atoms with Gasteiger partial charge < -0.3 is 0 Å². The number of hydrogen-bond donors (Lipinski definition) is 1. The number of aryl methyl sites for hydroxylation is 2. The highest BCUT2D eigenvalue weighted by atomic mass is 15.1. The first-order valence-corrected chi connectivity index (χ1v) is 6.41. The molecule has 2 rings (SSSR count). The van der Waals surface area contributed by atoms with Gasteiger partial charge in [-0.15, -0.1) is 0 Å². The van der Waals surface area contributed by atoms with Gasteiger partial charge in [0.2, 0.25) is 0 Å². The van der Waals surface area contributed by atoms with E-state index in [1.165, 1.54) is 0 Å². The number of nitrogens with one attached hydrogen (secondary N) is 1. The van der Waals surface area contributed by atoms with E-state index in [2.05, 4.69) is 20.2 Å². The van der Waals surface area contributed by atoms with Gasteiger partial charge in [-0.05, 0) is 13.8 Å². The summed E-state index contributed by atoms with van der Waals surface area (Å²) in [5.74, 6) is 0.788. The number of aromatic nitrogens is 4. The molecule has 4 nitrogen and oxygen atoms in total. The van der Waals surface area contributed by atoms with E-state index in [0.717, 1.165) is 22.6 Å². The third-order valence-corrected chi connectivity index (χ3v) is 1.59. The lowest BCUT2D eigenvalue weighted by Gasteiger charge is -1.94. The highest BCUT2D eigenvalue weighted by molar-refractivity contribution is 5.75. The minimum atomic E-state index is 0.788. The Bertz CT molecular complexity index is 393. The van der Waals surface area contributed by atoms with E-state index in [1.54, 1.807) is 6.20 Å². The van der Waals surface area contributed by atoms with E-state index in [4.69, 9.17) is 0 Å². The molecule has 0 spiro atoms. The fraction of sp³-hybridized carbons (Fsp3) is 0.615. The summed E-state index contributed by atoms with van der Waals surface area (Å²) in [5, 5.41) is 6.72. The Balaban J connectivity index is 0. The molecule has 0 aromatic carbocycles. The molecule has 0 fully saturated rings. The van der Waals surface area contributed by atoms with Crippen LogP contribution in [0, 0.1) is 13.8 Å². The van der Waals surface area contributed by atoms with Crippen molar-refractivity contribution in [3.05, 3.63) is 17.7 Å². The lowest BCUT2D eigenvalue weighted by atomic mass is 10.3. The number of nitrogens with zero attached hydrogens (tertiary/aromatic N) is 3. The Morgan fingerprint density at radius 3 is 1.94 bits per heavy atom. The molecular formula is C13H26N4. The number of aromatic amines is 1. The van der Waals surface area contributed by atoms with Gasteiger partial charge in [-0.25, -0.2) is 9.97 Å². The van der Waals surface area contributed by atoms with Gasteiger partial charge in [-0.1, -0.05) is 41.5 Å². The maximum absolute atomic E-state index is 4.19. The molecule has 98 valence electrons. The predicted octanol–water partition coefficient (Wildman–Crippen LogP) is 4.05. The van der Waals surface area contributed by atoms with Gasteiger partial charge in [0.15, 0.2) is 0 Å². The number of fused-ring (bicyclic) bond motifs is 1. The van der Waals surface area contributed by atoms with Crippen molar-refractivity contribution in [2.75, 3.05) is 0 Å². The average Bonchev–Trinajstić information content (AvgIpc) is 2.85. The molecule has 0 aliphatic rings. The van der Waals surface area contributed by atoms with Crippen LogP contribution in [0.15, 0.2) is 6.20 Å². The molecule has 0 saturated carbocycles. The molecule has 0 radical (unpaired) electrons. The molecule has 2 aromatic rings. The van der Waals surface area contributed by atoms with Crippen LogP contribution < -0.4 is 0 Å². The largest absolute Gasteiger partial charge is 0.274 e. The van der Waals surface area contributed by atoms with Crippen LogP contribution in [0.4, 0.5) is 0 Å². The molecule has 1 N–H and O–H groups in total. The van der Waals surface area contributed by atoms with Crippen molar-refractivity contribution in [2.45, 2.75) is 55.4 Å². The Kier molecular flexibility index (Phi) is 11.7. The molecule has 0 amide bonds. The Labute approximate surface area is 105 Å². The smallest absolute Gasteiger partial charge is 0.126 e. The number of hydrogen-bond acceptors (Lipinski definition) is 3. The van der Waals surface area contributed by atoms with E-state index in [1.807, 2.05) is 55.4 Å². The summed E-state index contributed by atoms with van der Waals surface area (Å²) in [6.07, 6.45) is 1.71. The zero-order valence-corrected chi connectivity index (χ0v) is 12.4. The zero-order valence-electron chi connectivity index (χ0n) is 12.4. The zero-order chi connectivity index (χ0) is 13.8. The fourth-order valence-electron chi connectivity index (χ4n) is 1.13. The molecular weight excluding hydrogens is 212 g/mol. The summed E-state index contributed by atoms with van der Waals surface area (Å²) in [6.45, 7) is 15.8. The lowest BCUT2D eigenvalue weighted by molar-refractivity contribution is 1.04. The molecule has 4 heteroatoms. The minimum absolute atomic E-state index is 0.788. The van der Waals surface area contributed by atoms with Gasteiger partial charge in [0.25, 0.3) is 0 Å². The van der Waals surface area contributed by atoms with Crippen LogP contribution in [0.5, 0.6) is 0 Å². The molecule has 2 heterocycles. The van der Waals surface area contributed by atoms with Crippen LogP contribution >= 0.6 is 0 Å². The lowest BCUT2D eigenvalue weighted by Crippen LogP contribution is -1.90. The molecule has 0 atom stereocenters. The molecule has 0 aliphatic heterocycles. The van der Waals surface area contributed by atoms with Crippen LogP contribution in [-0.4, -0.2) is 20.2 Å². The monoisotopic (exact) mass is 238 g/mol. The van der Waals surface area contributed by atoms with Crippen molar-refractivity contribution >= 4 is 11.0 Å². The molecule has 0 saturated heterocycles. The van der Waals surface area contributed by atoms with Crippen molar-refractivity contribution in [3.63, 3.8) is 0 Å². The maximum Gasteiger partial charge on any atom is 0.126 e. The molecule has 2 aromatic heterocycles. The van der Waals surface area contributed by atoms with Crippen molar-refractivity contribution in [2.24, 2.45) is 0 Å². The van der Waals surface area contributed by atoms with Gasteiger partial charge in [0.05, 0.1) is 11.9 Å². The number of H-pyrrole nitrogens is 1. The van der Waals surface area contributed by atoms with E-state index in [9.17, 15) is 0 Å². The van der Waals surface area contributed by atoms with Crippen molar-refractivity contribution < 1.29 is 0 Å². The Morgan fingerprint density at radius 1 is 0.882 bits per heavy atom. The summed E-state index contributed by atoms with van der Waals surface area (Å²) in [5.41, 5.74) is 2.76.